The van der Waals surface area contributed by atoms with E-state index in [1.165, 1.54) is 0 Å². The van der Waals surface area contributed by atoms with Crippen LogP contribution in [0, 0.1) is 0 Å². The van der Waals surface area contributed by atoms with E-state index in [1.807, 2.05) is 36.1 Å². The summed E-state index contributed by atoms with van der Waals surface area (Å²) in [6, 6.07) is 7.74. The number of benzene rings is 1. The molecule has 25 heavy (non-hydrogen) atoms. The van der Waals surface area contributed by atoms with E-state index in [0.29, 0.717) is 18.2 Å². The highest BCUT2D eigenvalue weighted by Crippen LogP contribution is 2.26. The van der Waals surface area contributed by atoms with Gasteiger partial charge in [0.25, 0.3) is 0 Å². The molecule has 2 fully saturated rings. The van der Waals surface area contributed by atoms with E-state index in [4.69, 9.17) is 16.3 Å². The van der Waals surface area contributed by atoms with Gasteiger partial charge in [-0.3, -0.25) is 9.69 Å². The van der Waals surface area contributed by atoms with Gasteiger partial charge in [0, 0.05) is 37.7 Å². The Bertz CT molecular complexity index is 556. The Morgan fingerprint density at radius 1 is 1.28 bits per heavy atom. The summed E-state index contributed by atoms with van der Waals surface area (Å²) >= 11 is 6.13. The number of nitrogens with zero attached hydrogens (tertiary/aromatic N) is 2. The maximum absolute atomic E-state index is 13.0. The number of hydrogen-bond donors (Lipinski definition) is 1. The summed E-state index contributed by atoms with van der Waals surface area (Å²) in [5, 5.41) is 4.10. The first-order chi connectivity index (χ1) is 11.2. The molecule has 1 aromatic carbocycles. The fraction of sp³-hybridized carbons (Fsp3) is 0.588. The van der Waals surface area contributed by atoms with Crippen molar-refractivity contribution in [1.82, 2.24) is 15.1 Å². The Morgan fingerprint density at radius 2 is 2.00 bits per heavy atom. The topological polar surface area (TPSA) is 44.8 Å². The predicted octanol–water partition coefficient (Wildman–Crippen LogP) is 2.38. The second kappa shape index (κ2) is 10.6. The van der Waals surface area contributed by atoms with Crippen molar-refractivity contribution < 1.29 is 9.53 Å². The number of morpholine rings is 1. The molecule has 2 aliphatic rings. The Morgan fingerprint density at radius 3 is 2.68 bits per heavy atom. The van der Waals surface area contributed by atoms with Crippen LogP contribution in [0.2, 0.25) is 5.02 Å². The molecule has 0 saturated carbocycles. The first-order valence-corrected chi connectivity index (χ1v) is 8.63. The smallest absolute Gasteiger partial charge is 0.240 e. The summed E-state index contributed by atoms with van der Waals surface area (Å²) in [5.74, 6) is 0.193. The van der Waals surface area contributed by atoms with Crippen LogP contribution in [0.1, 0.15) is 18.5 Å². The number of ether oxygens (including phenoxy) is 1. The van der Waals surface area contributed by atoms with E-state index in [2.05, 4.69) is 10.2 Å². The molecule has 1 aromatic rings. The monoisotopic (exact) mass is 409 g/mol. The van der Waals surface area contributed by atoms with Gasteiger partial charge >= 0.3 is 0 Å². The molecule has 1 amide bonds. The van der Waals surface area contributed by atoms with Crippen molar-refractivity contribution >= 4 is 42.3 Å². The standard InChI is InChI=1S/C17H24ClN3O2.2ClH/c1-13(20-7-9-23-10-8-20)17(22)21-6-5-19-12-16(21)14-3-2-4-15(18)11-14;;/h2-4,11,13,16,19H,5-10,12H2,1H3;2*1H. The molecule has 8 heteroatoms. The van der Waals surface area contributed by atoms with Gasteiger partial charge in [0.15, 0.2) is 0 Å². The molecule has 1 N–H and O–H groups in total. The molecule has 0 bridgehead atoms. The molecule has 0 radical (unpaired) electrons. The van der Waals surface area contributed by atoms with Gasteiger partial charge in [0.1, 0.15) is 0 Å². The van der Waals surface area contributed by atoms with Gasteiger partial charge in [-0.2, -0.15) is 0 Å². The first-order valence-electron chi connectivity index (χ1n) is 8.25. The molecule has 2 aliphatic heterocycles. The van der Waals surface area contributed by atoms with Gasteiger partial charge in [-0.15, -0.1) is 24.8 Å². The van der Waals surface area contributed by atoms with Crippen LogP contribution < -0.4 is 5.32 Å². The fourth-order valence-corrected chi connectivity index (χ4v) is 3.54. The SMILES string of the molecule is CC(C(=O)N1CCNCC1c1cccc(Cl)c1)N1CCOCC1.Cl.Cl. The van der Waals surface area contributed by atoms with Crippen LogP contribution >= 0.6 is 36.4 Å². The molecule has 0 aromatic heterocycles. The van der Waals surface area contributed by atoms with Crippen LogP contribution in [0.25, 0.3) is 0 Å². The number of piperazine rings is 1. The molecular formula is C17H26Cl3N3O2. The minimum Gasteiger partial charge on any atom is -0.379 e. The highest BCUT2D eigenvalue weighted by molar-refractivity contribution is 6.30. The van der Waals surface area contributed by atoms with Crippen molar-refractivity contribution in [2.75, 3.05) is 45.9 Å². The van der Waals surface area contributed by atoms with Crippen molar-refractivity contribution in [3.63, 3.8) is 0 Å². The van der Waals surface area contributed by atoms with Crippen molar-refractivity contribution in [1.29, 1.82) is 0 Å². The van der Waals surface area contributed by atoms with Crippen LogP contribution in [0.3, 0.4) is 0 Å². The highest BCUT2D eigenvalue weighted by atomic mass is 35.5. The van der Waals surface area contributed by atoms with E-state index in [0.717, 1.165) is 38.3 Å². The second-order valence-corrected chi connectivity index (χ2v) is 6.57. The maximum atomic E-state index is 13.0. The van der Waals surface area contributed by atoms with Gasteiger partial charge < -0.3 is 15.0 Å². The van der Waals surface area contributed by atoms with E-state index >= 15 is 0 Å². The first kappa shape index (κ1) is 22.5. The number of nitrogens with one attached hydrogen (secondary N) is 1. The summed E-state index contributed by atoms with van der Waals surface area (Å²) in [6.45, 7) is 7.38. The molecule has 2 unspecified atom stereocenters. The normalized spacial score (nSPS) is 22.5. The molecule has 2 atom stereocenters. The Balaban J connectivity index is 0.00000156. The van der Waals surface area contributed by atoms with Crippen LogP contribution in [0.5, 0.6) is 0 Å². The summed E-state index contributed by atoms with van der Waals surface area (Å²) in [5.41, 5.74) is 1.09. The second-order valence-electron chi connectivity index (χ2n) is 6.13. The summed E-state index contributed by atoms with van der Waals surface area (Å²) in [4.78, 5) is 17.3. The molecular weight excluding hydrogens is 385 g/mol. The minimum atomic E-state index is -0.112. The third kappa shape index (κ3) is 5.46. The lowest BCUT2D eigenvalue weighted by molar-refractivity contribution is -0.141. The summed E-state index contributed by atoms with van der Waals surface area (Å²) in [7, 11) is 0. The molecule has 0 aliphatic carbocycles. The Hall–Kier alpha value is -0.560. The lowest BCUT2D eigenvalue weighted by Gasteiger charge is -2.41. The summed E-state index contributed by atoms with van der Waals surface area (Å²) in [6.07, 6.45) is 0. The number of carbonyl (C=O) groups excluding carboxylic acids is 1. The van der Waals surface area contributed by atoms with Gasteiger partial charge in [0.2, 0.25) is 5.91 Å². The van der Waals surface area contributed by atoms with E-state index in [9.17, 15) is 4.79 Å². The van der Waals surface area contributed by atoms with Gasteiger partial charge in [-0.1, -0.05) is 23.7 Å². The molecule has 3 rings (SSSR count). The van der Waals surface area contributed by atoms with Crippen LogP contribution in [0.15, 0.2) is 24.3 Å². The summed E-state index contributed by atoms with van der Waals surface area (Å²) < 4.78 is 5.39. The third-order valence-electron chi connectivity index (χ3n) is 4.71. The predicted molar refractivity (Wildman–Crippen MR) is 105 cm³/mol. The molecule has 2 saturated heterocycles. The number of halogens is 3. The van der Waals surface area contributed by atoms with Crippen molar-refractivity contribution in [3.8, 4) is 0 Å². The Labute approximate surface area is 166 Å². The van der Waals surface area contributed by atoms with Gasteiger partial charge in [-0.05, 0) is 24.6 Å². The molecule has 2 heterocycles. The highest BCUT2D eigenvalue weighted by Gasteiger charge is 2.33. The Kier molecular flexibility index (Phi) is 9.49. The van der Waals surface area contributed by atoms with Crippen molar-refractivity contribution in [2.24, 2.45) is 0 Å². The van der Waals surface area contributed by atoms with Gasteiger partial charge in [-0.25, -0.2) is 0 Å². The number of rotatable bonds is 3. The lowest BCUT2D eigenvalue weighted by Crippen LogP contribution is -2.56. The minimum absolute atomic E-state index is 0. The average molecular weight is 411 g/mol. The number of carbonyl (C=O) groups is 1. The largest absolute Gasteiger partial charge is 0.379 e. The van der Waals surface area contributed by atoms with E-state index < -0.39 is 0 Å². The average Bonchev–Trinajstić information content (AvgIpc) is 2.61. The van der Waals surface area contributed by atoms with E-state index in [1.54, 1.807) is 0 Å². The molecule has 0 spiro atoms. The van der Waals surface area contributed by atoms with Gasteiger partial charge in [0.05, 0.1) is 25.3 Å². The quantitative estimate of drug-likeness (QED) is 0.831. The number of amides is 1. The zero-order valence-electron chi connectivity index (χ0n) is 14.3. The van der Waals surface area contributed by atoms with Crippen molar-refractivity contribution in [2.45, 2.75) is 19.0 Å². The number of hydrogen-bond acceptors (Lipinski definition) is 4. The lowest BCUT2D eigenvalue weighted by atomic mass is 10.0. The fourth-order valence-electron chi connectivity index (χ4n) is 3.34. The zero-order chi connectivity index (χ0) is 16.2. The van der Waals surface area contributed by atoms with Crippen LogP contribution in [-0.2, 0) is 9.53 Å². The molecule has 5 nitrogen and oxygen atoms in total. The van der Waals surface area contributed by atoms with Crippen LogP contribution in [0.4, 0.5) is 0 Å². The van der Waals surface area contributed by atoms with E-state index in [-0.39, 0.29) is 42.8 Å². The maximum Gasteiger partial charge on any atom is 0.240 e. The zero-order valence-corrected chi connectivity index (χ0v) is 16.7. The van der Waals surface area contributed by atoms with Crippen molar-refractivity contribution in [3.05, 3.63) is 34.9 Å². The third-order valence-corrected chi connectivity index (χ3v) is 4.95. The van der Waals surface area contributed by atoms with Crippen LogP contribution in [-0.4, -0.2) is 67.7 Å². The molecule has 142 valence electrons.